The normalized spacial score (nSPS) is 18.2. The van der Waals surface area contributed by atoms with Crippen molar-refractivity contribution in [1.82, 2.24) is 19.6 Å². The van der Waals surface area contributed by atoms with E-state index in [0.29, 0.717) is 6.61 Å². The summed E-state index contributed by atoms with van der Waals surface area (Å²) in [5, 5.41) is 4.41. The predicted octanol–water partition coefficient (Wildman–Crippen LogP) is 1.21. The lowest BCUT2D eigenvalue weighted by Gasteiger charge is -2.23. The van der Waals surface area contributed by atoms with Crippen LogP contribution >= 0.6 is 0 Å². The zero-order valence-corrected chi connectivity index (χ0v) is 14.2. The lowest BCUT2D eigenvalue weighted by Crippen LogP contribution is -2.32. The molecule has 24 heavy (non-hydrogen) atoms. The number of fused-ring (bicyclic) bond motifs is 1. The van der Waals surface area contributed by atoms with Crippen LogP contribution < -0.4 is 0 Å². The lowest BCUT2D eigenvalue weighted by atomic mass is 10.1. The highest BCUT2D eigenvalue weighted by Gasteiger charge is 2.23. The minimum atomic E-state index is -0.0177. The maximum absolute atomic E-state index is 11.6. The maximum atomic E-state index is 11.6. The van der Waals surface area contributed by atoms with E-state index in [1.165, 1.54) is 5.69 Å². The van der Waals surface area contributed by atoms with Crippen molar-refractivity contribution < 1.29 is 13.9 Å². The van der Waals surface area contributed by atoms with Crippen LogP contribution in [0.4, 0.5) is 0 Å². The van der Waals surface area contributed by atoms with E-state index in [-0.39, 0.29) is 18.4 Å². The molecule has 0 radical (unpaired) electrons. The Morgan fingerprint density at radius 3 is 3.04 bits per heavy atom. The van der Waals surface area contributed by atoms with Crippen molar-refractivity contribution in [1.29, 1.82) is 0 Å². The molecule has 1 unspecified atom stereocenters. The molecule has 0 saturated heterocycles. The molecule has 1 aliphatic rings. The molecule has 0 saturated carbocycles. The Kier molecular flexibility index (Phi) is 5.32. The average molecular weight is 332 g/mol. The first-order valence-corrected chi connectivity index (χ1v) is 8.15. The highest BCUT2D eigenvalue weighted by Crippen LogP contribution is 2.18. The smallest absolute Gasteiger partial charge is 0.248 e. The number of furan rings is 1. The van der Waals surface area contributed by atoms with Gasteiger partial charge in [-0.25, -0.2) is 0 Å². The number of amides is 1. The van der Waals surface area contributed by atoms with E-state index in [0.717, 1.165) is 31.9 Å². The van der Waals surface area contributed by atoms with Gasteiger partial charge in [0.25, 0.3) is 0 Å². The molecule has 3 heterocycles. The second kappa shape index (κ2) is 7.63. The van der Waals surface area contributed by atoms with Crippen molar-refractivity contribution in [2.45, 2.75) is 19.6 Å². The second-order valence-electron chi connectivity index (χ2n) is 6.42. The monoisotopic (exact) mass is 332 g/mol. The van der Waals surface area contributed by atoms with Gasteiger partial charge < -0.3 is 14.1 Å². The van der Waals surface area contributed by atoms with Crippen LogP contribution in [0.15, 0.2) is 35.1 Å². The van der Waals surface area contributed by atoms with Gasteiger partial charge in [0.05, 0.1) is 25.1 Å². The van der Waals surface area contributed by atoms with Crippen molar-refractivity contribution in [3.8, 4) is 0 Å². The van der Waals surface area contributed by atoms with E-state index >= 15 is 0 Å². The van der Waals surface area contributed by atoms with E-state index in [4.69, 9.17) is 9.15 Å². The van der Waals surface area contributed by atoms with Crippen molar-refractivity contribution >= 4 is 5.91 Å². The predicted molar refractivity (Wildman–Crippen MR) is 88.1 cm³/mol. The number of rotatable bonds is 6. The van der Waals surface area contributed by atoms with Crippen molar-refractivity contribution in [2.75, 3.05) is 33.9 Å². The van der Waals surface area contributed by atoms with E-state index in [1.54, 1.807) is 25.3 Å². The molecule has 7 nitrogen and oxygen atoms in total. The summed E-state index contributed by atoms with van der Waals surface area (Å²) in [7, 11) is 3.47. The van der Waals surface area contributed by atoms with E-state index in [1.807, 2.05) is 29.1 Å². The van der Waals surface area contributed by atoms with Gasteiger partial charge in [-0.2, -0.15) is 5.10 Å². The fraction of sp³-hybridized carbons (Fsp3) is 0.529. The van der Waals surface area contributed by atoms with Crippen LogP contribution in [-0.4, -0.2) is 59.3 Å². The Bertz CT molecular complexity index is 651. The summed E-state index contributed by atoms with van der Waals surface area (Å²) in [6.45, 7) is 3.91. The molecule has 1 amide bonds. The van der Waals surface area contributed by atoms with Gasteiger partial charge in [0.15, 0.2) is 0 Å². The van der Waals surface area contributed by atoms with Gasteiger partial charge in [-0.05, 0) is 18.2 Å². The van der Waals surface area contributed by atoms with Gasteiger partial charge >= 0.3 is 0 Å². The first-order valence-electron chi connectivity index (χ1n) is 8.15. The van der Waals surface area contributed by atoms with Crippen molar-refractivity contribution in [3.05, 3.63) is 42.1 Å². The lowest BCUT2D eigenvalue weighted by molar-refractivity contribution is -0.134. The van der Waals surface area contributed by atoms with Crippen molar-refractivity contribution in [2.24, 2.45) is 5.92 Å². The van der Waals surface area contributed by atoms with Crippen LogP contribution in [0.25, 0.3) is 0 Å². The zero-order valence-electron chi connectivity index (χ0n) is 14.2. The second-order valence-corrected chi connectivity index (χ2v) is 6.42. The summed E-state index contributed by atoms with van der Waals surface area (Å²) >= 11 is 0. The molecule has 1 atom stereocenters. The molecular weight excluding hydrogens is 308 g/mol. The summed E-state index contributed by atoms with van der Waals surface area (Å²) in [4.78, 5) is 15.5. The minimum Gasteiger partial charge on any atom is -0.468 e. The van der Waals surface area contributed by atoms with Gasteiger partial charge in [-0.15, -0.1) is 0 Å². The Morgan fingerprint density at radius 2 is 2.29 bits per heavy atom. The van der Waals surface area contributed by atoms with Gasteiger partial charge in [0.1, 0.15) is 12.4 Å². The molecular formula is C17H24N4O3. The third-order valence-corrected chi connectivity index (χ3v) is 4.18. The number of nitrogens with zero attached hydrogens (tertiary/aromatic N) is 4. The first-order chi connectivity index (χ1) is 11.6. The van der Waals surface area contributed by atoms with Gasteiger partial charge in [-0.1, -0.05) is 0 Å². The SMILES string of the molecule is CN(C)C(=O)COCC1CN(Cc2ccco2)Cc2ccnn2C1. The fourth-order valence-electron chi connectivity index (χ4n) is 2.91. The van der Waals surface area contributed by atoms with Crippen LogP contribution in [0.1, 0.15) is 11.5 Å². The standard InChI is InChI=1S/C17H24N4O3/c1-19(2)17(22)13-23-12-14-8-20(11-16-4-3-7-24-16)10-15-5-6-18-21(15)9-14/h3-7,14H,8-13H2,1-2H3. The molecule has 3 rings (SSSR count). The summed E-state index contributed by atoms with van der Waals surface area (Å²) in [6, 6.07) is 5.95. The molecule has 0 aliphatic carbocycles. The maximum Gasteiger partial charge on any atom is 0.248 e. The van der Waals surface area contributed by atoms with Crippen LogP contribution in [0.5, 0.6) is 0 Å². The fourth-order valence-corrected chi connectivity index (χ4v) is 2.91. The number of ether oxygens (including phenoxy) is 1. The number of aromatic nitrogens is 2. The number of hydrogen-bond acceptors (Lipinski definition) is 5. The topological polar surface area (TPSA) is 63.7 Å². The summed E-state index contributed by atoms with van der Waals surface area (Å²) in [5.74, 6) is 1.21. The quantitative estimate of drug-likeness (QED) is 0.796. The van der Waals surface area contributed by atoms with E-state index < -0.39 is 0 Å². The van der Waals surface area contributed by atoms with Crippen LogP contribution in [0.3, 0.4) is 0 Å². The van der Waals surface area contributed by atoms with Crippen LogP contribution in [-0.2, 0) is 29.2 Å². The molecule has 2 aromatic heterocycles. The van der Waals surface area contributed by atoms with Gasteiger partial charge in [0.2, 0.25) is 5.91 Å². The molecule has 0 aromatic carbocycles. The molecule has 0 spiro atoms. The van der Waals surface area contributed by atoms with Crippen LogP contribution in [0, 0.1) is 5.92 Å². The third kappa shape index (κ3) is 4.24. The van der Waals surface area contributed by atoms with E-state index in [9.17, 15) is 4.79 Å². The molecule has 2 aromatic rings. The first kappa shape index (κ1) is 16.7. The molecule has 7 heteroatoms. The third-order valence-electron chi connectivity index (χ3n) is 4.18. The Hall–Kier alpha value is -2.12. The number of hydrogen-bond donors (Lipinski definition) is 0. The van der Waals surface area contributed by atoms with Crippen LogP contribution in [0.2, 0.25) is 0 Å². The largest absolute Gasteiger partial charge is 0.468 e. The van der Waals surface area contributed by atoms with Gasteiger partial charge in [-0.3, -0.25) is 14.4 Å². The summed E-state index contributed by atoms with van der Waals surface area (Å²) in [6.07, 6.45) is 3.53. The number of likely N-dealkylation sites (N-methyl/N-ethyl adjacent to an activating group) is 1. The molecule has 1 aliphatic heterocycles. The van der Waals surface area contributed by atoms with E-state index in [2.05, 4.69) is 10.00 Å². The Balaban J connectivity index is 1.62. The number of carbonyl (C=O) groups excluding carboxylic acids is 1. The average Bonchev–Trinajstić information content (AvgIpc) is 3.16. The van der Waals surface area contributed by atoms with Gasteiger partial charge in [0, 0.05) is 45.8 Å². The Labute approximate surface area is 141 Å². The molecule has 0 fully saturated rings. The minimum absolute atomic E-state index is 0.0177. The zero-order chi connectivity index (χ0) is 16.9. The van der Waals surface area contributed by atoms with Crippen molar-refractivity contribution in [3.63, 3.8) is 0 Å². The molecule has 130 valence electrons. The number of carbonyl (C=O) groups is 1. The molecule has 0 N–H and O–H groups in total. The molecule has 0 bridgehead atoms. The Morgan fingerprint density at radius 1 is 1.42 bits per heavy atom. The summed E-state index contributed by atoms with van der Waals surface area (Å²) < 4.78 is 13.2. The highest BCUT2D eigenvalue weighted by atomic mass is 16.5. The highest BCUT2D eigenvalue weighted by molar-refractivity contribution is 5.76. The summed E-state index contributed by atoms with van der Waals surface area (Å²) in [5.41, 5.74) is 1.19.